The molecular weight excluding hydrogens is 382 g/mol. The van der Waals surface area contributed by atoms with E-state index in [1.807, 2.05) is 30.3 Å². The van der Waals surface area contributed by atoms with Crippen molar-refractivity contribution in [2.24, 2.45) is 0 Å². The summed E-state index contributed by atoms with van der Waals surface area (Å²) in [6.07, 6.45) is 6.83. The molecule has 0 atom stereocenters. The Morgan fingerprint density at radius 2 is 1.87 bits per heavy atom. The highest BCUT2D eigenvalue weighted by atomic mass is 16.5. The van der Waals surface area contributed by atoms with Gasteiger partial charge in [-0.05, 0) is 24.8 Å². The molecule has 2 saturated heterocycles. The number of carbonyl (C=O) groups is 2. The van der Waals surface area contributed by atoms with Gasteiger partial charge < -0.3 is 14.5 Å². The standard InChI is InChI=1S/C22H27N5O3/c1-30-15-5-12-26-20(28)22(27(21(26)29)17-18-6-3-2-4-7-18)8-13-25(14-9-22)19-16-23-10-11-24-19/h2-4,6-7,10-11,16H,5,8-9,12-15,17H2,1H3. The van der Waals surface area contributed by atoms with Crippen LogP contribution in [0.3, 0.4) is 0 Å². The SMILES string of the molecule is COCCCN1C(=O)N(Cc2ccccc2)C2(CCN(c3cnccn3)CC2)C1=O. The Morgan fingerprint density at radius 3 is 2.53 bits per heavy atom. The number of benzene rings is 1. The van der Waals surface area contributed by atoms with Gasteiger partial charge in [0.25, 0.3) is 5.91 Å². The quantitative estimate of drug-likeness (QED) is 0.516. The van der Waals surface area contributed by atoms with E-state index in [1.54, 1.807) is 30.6 Å². The second kappa shape index (κ2) is 8.79. The van der Waals surface area contributed by atoms with Crippen LogP contribution in [-0.4, -0.2) is 70.6 Å². The van der Waals surface area contributed by atoms with Crippen molar-refractivity contribution in [3.05, 3.63) is 54.5 Å². The first-order valence-corrected chi connectivity index (χ1v) is 10.3. The number of hydrogen-bond donors (Lipinski definition) is 0. The molecule has 2 aromatic rings. The van der Waals surface area contributed by atoms with Crippen LogP contribution < -0.4 is 4.90 Å². The van der Waals surface area contributed by atoms with Crippen LogP contribution >= 0.6 is 0 Å². The van der Waals surface area contributed by atoms with Crippen molar-refractivity contribution in [3.63, 3.8) is 0 Å². The molecule has 2 aliphatic rings. The zero-order chi connectivity index (χ0) is 21.0. The number of imide groups is 1. The summed E-state index contributed by atoms with van der Waals surface area (Å²) in [7, 11) is 1.62. The van der Waals surface area contributed by atoms with Gasteiger partial charge in [0.15, 0.2) is 0 Å². The van der Waals surface area contributed by atoms with Crippen LogP contribution in [0.2, 0.25) is 0 Å². The summed E-state index contributed by atoms with van der Waals surface area (Å²) in [5, 5.41) is 0. The predicted octanol–water partition coefficient (Wildman–Crippen LogP) is 2.32. The number of anilines is 1. The number of amides is 3. The lowest BCUT2D eigenvalue weighted by atomic mass is 9.85. The van der Waals surface area contributed by atoms with Gasteiger partial charge in [-0.15, -0.1) is 0 Å². The van der Waals surface area contributed by atoms with E-state index < -0.39 is 5.54 Å². The van der Waals surface area contributed by atoms with Gasteiger partial charge in [0, 0.05) is 52.3 Å². The maximum Gasteiger partial charge on any atom is 0.327 e. The third kappa shape index (κ3) is 3.75. The number of methoxy groups -OCH3 is 1. The lowest BCUT2D eigenvalue weighted by Gasteiger charge is -2.42. The van der Waals surface area contributed by atoms with Crippen LogP contribution in [0.1, 0.15) is 24.8 Å². The highest BCUT2D eigenvalue weighted by molar-refractivity contribution is 6.07. The van der Waals surface area contributed by atoms with Gasteiger partial charge >= 0.3 is 6.03 Å². The van der Waals surface area contributed by atoms with E-state index in [4.69, 9.17) is 4.74 Å². The number of ether oxygens (including phenoxy) is 1. The van der Waals surface area contributed by atoms with Crippen molar-refractivity contribution < 1.29 is 14.3 Å². The first kappa shape index (κ1) is 20.3. The van der Waals surface area contributed by atoms with Crippen LogP contribution in [0.5, 0.6) is 0 Å². The Labute approximate surface area is 176 Å². The van der Waals surface area contributed by atoms with E-state index in [9.17, 15) is 9.59 Å². The normalized spacial score (nSPS) is 18.5. The molecule has 1 aromatic carbocycles. The zero-order valence-electron chi connectivity index (χ0n) is 17.2. The van der Waals surface area contributed by atoms with Crippen LogP contribution in [0.15, 0.2) is 48.9 Å². The molecule has 0 N–H and O–H groups in total. The Kier molecular flexibility index (Phi) is 5.94. The number of aromatic nitrogens is 2. The number of carbonyl (C=O) groups excluding carboxylic acids is 2. The molecule has 3 amide bonds. The molecule has 8 heteroatoms. The Morgan fingerprint density at radius 1 is 1.10 bits per heavy atom. The number of urea groups is 1. The molecule has 1 spiro atoms. The second-order valence-corrected chi connectivity index (χ2v) is 7.74. The van der Waals surface area contributed by atoms with Gasteiger partial charge in [-0.25, -0.2) is 9.78 Å². The summed E-state index contributed by atoms with van der Waals surface area (Å²) in [6.45, 7) is 2.62. The molecule has 30 heavy (non-hydrogen) atoms. The van der Waals surface area contributed by atoms with Crippen molar-refractivity contribution in [2.45, 2.75) is 31.3 Å². The lowest BCUT2D eigenvalue weighted by Crippen LogP contribution is -2.56. The van der Waals surface area contributed by atoms with Gasteiger partial charge in [-0.3, -0.25) is 14.7 Å². The Balaban J connectivity index is 1.57. The van der Waals surface area contributed by atoms with Crippen LogP contribution in [0.25, 0.3) is 0 Å². The van der Waals surface area contributed by atoms with E-state index in [-0.39, 0.29) is 11.9 Å². The molecule has 0 unspecified atom stereocenters. The summed E-state index contributed by atoms with van der Waals surface area (Å²) in [5.74, 6) is 0.717. The summed E-state index contributed by atoms with van der Waals surface area (Å²) < 4.78 is 5.11. The molecule has 3 heterocycles. The first-order valence-electron chi connectivity index (χ1n) is 10.3. The highest BCUT2D eigenvalue weighted by Crippen LogP contribution is 2.39. The molecule has 4 rings (SSSR count). The molecule has 8 nitrogen and oxygen atoms in total. The number of hydrogen-bond acceptors (Lipinski definition) is 6. The molecule has 0 bridgehead atoms. The topological polar surface area (TPSA) is 78.9 Å². The molecule has 0 radical (unpaired) electrons. The van der Waals surface area contributed by atoms with Gasteiger partial charge in [-0.1, -0.05) is 30.3 Å². The van der Waals surface area contributed by atoms with Gasteiger partial charge in [-0.2, -0.15) is 0 Å². The number of piperidine rings is 1. The van der Waals surface area contributed by atoms with E-state index >= 15 is 0 Å². The van der Waals surface area contributed by atoms with Crippen molar-refractivity contribution >= 4 is 17.8 Å². The van der Waals surface area contributed by atoms with E-state index in [0.717, 1.165) is 11.4 Å². The van der Waals surface area contributed by atoms with E-state index in [2.05, 4.69) is 14.9 Å². The fraction of sp³-hybridized carbons (Fsp3) is 0.455. The zero-order valence-corrected chi connectivity index (χ0v) is 17.2. The van der Waals surface area contributed by atoms with Crippen molar-refractivity contribution in [1.29, 1.82) is 0 Å². The molecular formula is C22H27N5O3. The summed E-state index contributed by atoms with van der Waals surface area (Å²) in [5.41, 5.74) is 0.215. The molecule has 0 saturated carbocycles. The Bertz CT molecular complexity index is 869. The molecule has 1 aromatic heterocycles. The smallest absolute Gasteiger partial charge is 0.327 e. The number of nitrogens with zero attached hydrogens (tertiary/aromatic N) is 5. The van der Waals surface area contributed by atoms with Crippen molar-refractivity contribution in [2.75, 3.05) is 38.3 Å². The van der Waals surface area contributed by atoms with Gasteiger partial charge in [0.1, 0.15) is 11.4 Å². The minimum absolute atomic E-state index is 0.0849. The van der Waals surface area contributed by atoms with Crippen LogP contribution in [0.4, 0.5) is 10.6 Å². The minimum Gasteiger partial charge on any atom is -0.385 e. The first-order chi connectivity index (χ1) is 14.7. The summed E-state index contributed by atoms with van der Waals surface area (Å²) in [6, 6.07) is 9.65. The fourth-order valence-corrected chi connectivity index (χ4v) is 4.38. The lowest BCUT2D eigenvalue weighted by molar-refractivity contribution is -0.134. The maximum atomic E-state index is 13.5. The molecule has 2 fully saturated rings. The van der Waals surface area contributed by atoms with Gasteiger partial charge in [0.05, 0.1) is 6.20 Å². The second-order valence-electron chi connectivity index (χ2n) is 7.74. The van der Waals surface area contributed by atoms with Crippen LogP contribution in [0, 0.1) is 0 Å². The predicted molar refractivity (Wildman–Crippen MR) is 112 cm³/mol. The molecule has 0 aliphatic carbocycles. The summed E-state index contributed by atoms with van der Waals surface area (Å²) in [4.78, 5) is 40.7. The van der Waals surface area contributed by atoms with Crippen molar-refractivity contribution in [1.82, 2.24) is 19.8 Å². The van der Waals surface area contributed by atoms with E-state index in [1.165, 1.54) is 4.90 Å². The monoisotopic (exact) mass is 409 g/mol. The Hall–Kier alpha value is -3.00. The largest absolute Gasteiger partial charge is 0.385 e. The average Bonchev–Trinajstić information content (AvgIpc) is 2.97. The average molecular weight is 409 g/mol. The minimum atomic E-state index is -0.807. The van der Waals surface area contributed by atoms with Gasteiger partial charge in [0.2, 0.25) is 0 Å². The van der Waals surface area contributed by atoms with E-state index in [0.29, 0.717) is 52.0 Å². The fourth-order valence-electron chi connectivity index (χ4n) is 4.38. The third-order valence-electron chi connectivity index (χ3n) is 6.00. The number of rotatable bonds is 7. The highest BCUT2D eigenvalue weighted by Gasteiger charge is 2.57. The van der Waals surface area contributed by atoms with Crippen LogP contribution in [-0.2, 0) is 16.1 Å². The summed E-state index contributed by atoms with van der Waals surface area (Å²) >= 11 is 0. The van der Waals surface area contributed by atoms with Crippen molar-refractivity contribution in [3.8, 4) is 0 Å². The maximum absolute atomic E-state index is 13.5. The molecule has 2 aliphatic heterocycles. The third-order valence-corrected chi connectivity index (χ3v) is 6.00. The molecule has 158 valence electrons.